The first-order valence-electron chi connectivity index (χ1n) is 5.32. The van der Waals surface area contributed by atoms with Crippen LogP contribution in [0, 0.1) is 0 Å². The highest BCUT2D eigenvalue weighted by Crippen LogP contribution is 2.13. The van der Waals surface area contributed by atoms with E-state index in [-0.39, 0.29) is 0 Å². The molecule has 1 saturated heterocycles. The lowest BCUT2D eigenvalue weighted by Crippen LogP contribution is -2.28. The summed E-state index contributed by atoms with van der Waals surface area (Å²) in [5.41, 5.74) is 0.992. The highest BCUT2D eigenvalue weighted by atomic mass is 16.5. The Balaban J connectivity index is 1.89. The van der Waals surface area contributed by atoms with Gasteiger partial charge in [0.15, 0.2) is 0 Å². The van der Waals surface area contributed by atoms with E-state index in [1.165, 1.54) is 12.8 Å². The largest absolute Gasteiger partial charge is 0.490 e. The normalized spacial score (nSPS) is 20.1. The number of nitrogens with zero attached hydrogens (tertiary/aromatic N) is 1. The second kappa shape index (κ2) is 4.94. The fourth-order valence-electron chi connectivity index (χ4n) is 1.72. The maximum absolute atomic E-state index is 5.66. The molecule has 1 atom stereocenters. The summed E-state index contributed by atoms with van der Waals surface area (Å²) in [6, 6.07) is 2.45. The second-order valence-electron chi connectivity index (χ2n) is 3.76. The van der Waals surface area contributed by atoms with Gasteiger partial charge in [-0.2, -0.15) is 0 Å². The molecule has 1 fully saturated rings. The van der Waals surface area contributed by atoms with Crippen LogP contribution in [-0.4, -0.2) is 24.2 Å². The van der Waals surface area contributed by atoms with E-state index in [0.29, 0.717) is 6.04 Å². The molecule has 0 spiro atoms. The summed E-state index contributed by atoms with van der Waals surface area (Å²) in [6.07, 6.45) is 7.73. The predicted octanol–water partition coefficient (Wildman–Crippen LogP) is 1.86. The van der Waals surface area contributed by atoms with E-state index in [2.05, 4.69) is 16.9 Å². The Morgan fingerprint density at radius 2 is 2.53 bits per heavy atom. The van der Waals surface area contributed by atoms with Gasteiger partial charge in [-0.1, -0.05) is 12.7 Å². The maximum Gasteiger partial charge on any atom is 0.138 e. The van der Waals surface area contributed by atoms with Crippen molar-refractivity contribution in [1.82, 2.24) is 10.3 Å². The monoisotopic (exact) mass is 204 g/mol. The minimum absolute atomic E-state index is 0.498. The Morgan fingerprint density at radius 1 is 1.60 bits per heavy atom. The van der Waals surface area contributed by atoms with Crippen molar-refractivity contribution in [2.24, 2.45) is 0 Å². The molecule has 1 N–H and O–H groups in total. The first-order chi connectivity index (χ1) is 7.38. The third-order valence-electron chi connectivity index (χ3n) is 2.58. The van der Waals surface area contributed by atoms with Crippen LogP contribution in [0.4, 0.5) is 0 Å². The third kappa shape index (κ3) is 2.80. The first-order valence-corrected chi connectivity index (χ1v) is 5.32. The maximum atomic E-state index is 5.66. The molecule has 2 heterocycles. The lowest BCUT2D eigenvalue weighted by atomic mass is 10.2. The van der Waals surface area contributed by atoms with E-state index in [9.17, 15) is 0 Å². The summed E-state index contributed by atoms with van der Waals surface area (Å²) >= 11 is 0. The van der Waals surface area contributed by atoms with E-state index >= 15 is 0 Å². The molecular weight excluding hydrogens is 188 g/mol. The van der Waals surface area contributed by atoms with Crippen molar-refractivity contribution < 1.29 is 4.74 Å². The van der Waals surface area contributed by atoms with Crippen LogP contribution in [0.1, 0.15) is 18.4 Å². The predicted molar refractivity (Wildman–Crippen MR) is 60.8 cm³/mol. The van der Waals surface area contributed by atoms with E-state index in [1.54, 1.807) is 18.5 Å². The smallest absolute Gasteiger partial charge is 0.138 e. The van der Waals surface area contributed by atoms with Crippen molar-refractivity contribution in [3.8, 4) is 5.75 Å². The summed E-state index contributed by atoms with van der Waals surface area (Å²) in [6.45, 7) is 5.54. The van der Waals surface area contributed by atoms with Gasteiger partial charge in [0.1, 0.15) is 12.4 Å². The van der Waals surface area contributed by atoms with Crippen molar-refractivity contribution in [1.29, 1.82) is 0 Å². The summed E-state index contributed by atoms with van der Waals surface area (Å²) in [4.78, 5) is 4.08. The van der Waals surface area contributed by atoms with Crippen LogP contribution in [0.5, 0.6) is 5.75 Å². The number of ether oxygens (including phenoxy) is 1. The van der Waals surface area contributed by atoms with Gasteiger partial charge in [0.05, 0.1) is 6.20 Å². The van der Waals surface area contributed by atoms with E-state index in [1.807, 2.05) is 6.07 Å². The lowest BCUT2D eigenvalue weighted by Gasteiger charge is -2.11. The Labute approximate surface area is 90.2 Å². The van der Waals surface area contributed by atoms with Gasteiger partial charge in [-0.3, -0.25) is 4.98 Å². The molecule has 0 saturated carbocycles. The molecule has 0 aliphatic carbocycles. The summed E-state index contributed by atoms with van der Waals surface area (Å²) in [5.74, 6) is 0.820. The Hall–Kier alpha value is -1.35. The van der Waals surface area contributed by atoms with Crippen LogP contribution >= 0.6 is 0 Å². The topological polar surface area (TPSA) is 34.1 Å². The van der Waals surface area contributed by atoms with Gasteiger partial charge in [-0.05, 0) is 31.0 Å². The van der Waals surface area contributed by atoms with Gasteiger partial charge >= 0.3 is 0 Å². The number of nitrogens with one attached hydrogen (secondary N) is 1. The molecule has 3 nitrogen and oxygen atoms in total. The zero-order chi connectivity index (χ0) is 10.5. The molecule has 0 amide bonds. The quantitative estimate of drug-likeness (QED) is 0.812. The fraction of sp³-hybridized carbons (Fsp3) is 0.417. The van der Waals surface area contributed by atoms with Crippen LogP contribution in [0.3, 0.4) is 0 Å². The van der Waals surface area contributed by atoms with Crippen molar-refractivity contribution >= 4 is 6.08 Å². The molecule has 1 aliphatic heterocycles. The summed E-state index contributed by atoms with van der Waals surface area (Å²) in [7, 11) is 0. The van der Waals surface area contributed by atoms with Crippen LogP contribution in [-0.2, 0) is 0 Å². The molecular formula is C12H16N2O. The van der Waals surface area contributed by atoms with Crippen molar-refractivity contribution in [3.05, 3.63) is 30.6 Å². The molecule has 0 bridgehead atoms. The number of aromatic nitrogens is 1. The van der Waals surface area contributed by atoms with Gasteiger partial charge in [0.25, 0.3) is 0 Å². The fourth-order valence-corrected chi connectivity index (χ4v) is 1.72. The molecule has 0 aromatic carbocycles. The SMILES string of the molecule is C=Cc1cncc(OCC2CCCN2)c1. The minimum atomic E-state index is 0.498. The zero-order valence-electron chi connectivity index (χ0n) is 8.78. The molecule has 3 heteroatoms. The van der Waals surface area contributed by atoms with E-state index in [0.717, 1.165) is 24.5 Å². The van der Waals surface area contributed by atoms with Gasteiger partial charge in [-0.25, -0.2) is 0 Å². The van der Waals surface area contributed by atoms with Crippen molar-refractivity contribution in [2.75, 3.05) is 13.2 Å². The van der Waals surface area contributed by atoms with Gasteiger partial charge in [0, 0.05) is 12.2 Å². The molecule has 1 unspecified atom stereocenters. The van der Waals surface area contributed by atoms with E-state index in [4.69, 9.17) is 4.74 Å². The molecule has 80 valence electrons. The number of rotatable bonds is 4. The van der Waals surface area contributed by atoms with Crippen LogP contribution < -0.4 is 10.1 Å². The molecule has 0 radical (unpaired) electrons. The summed E-state index contributed by atoms with van der Waals surface area (Å²) < 4.78 is 5.66. The van der Waals surface area contributed by atoms with Gasteiger partial charge in [0.2, 0.25) is 0 Å². The van der Waals surface area contributed by atoms with Crippen LogP contribution in [0.15, 0.2) is 25.0 Å². The average molecular weight is 204 g/mol. The highest BCUT2D eigenvalue weighted by Gasteiger charge is 2.14. The molecule has 1 aromatic heterocycles. The lowest BCUT2D eigenvalue weighted by molar-refractivity contribution is 0.276. The van der Waals surface area contributed by atoms with Crippen LogP contribution in [0.25, 0.3) is 6.08 Å². The number of hydrogen-bond acceptors (Lipinski definition) is 3. The minimum Gasteiger partial charge on any atom is -0.490 e. The standard InChI is InChI=1S/C12H16N2O/c1-2-10-6-12(8-13-7-10)15-9-11-4-3-5-14-11/h2,6-8,11,14H,1,3-5,9H2. The summed E-state index contributed by atoms with van der Waals surface area (Å²) in [5, 5.41) is 3.39. The van der Waals surface area contributed by atoms with Gasteiger partial charge in [-0.15, -0.1) is 0 Å². The Morgan fingerprint density at radius 3 is 3.27 bits per heavy atom. The molecule has 1 aliphatic rings. The number of hydrogen-bond donors (Lipinski definition) is 1. The van der Waals surface area contributed by atoms with E-state index < -0.39 is 0 Å². The van der Waals surface area contributed by atoms with Gasteiger partial charge < -0.3 is 10.1 Å². The molecule has 2 rings (SSSR count). The molecule has 15 heavy (non-hydrogen) atoms. The number of pyridine rings is 1. The third-order valence-corrected chi connectivity index (χ3v) is 2.58. The zero-order valence-corrected chi connectivity index (χ0v) is 8.78. The van der Waals surface area contributed by atoms with Crippen LogP contribution in [0.2, 0.25) is 0 Å². The van der Waals surface area contributed by atoms with Crippen molar-refractivity contribution in [2.45, 2.75) is 18.9 Å². The molecule has 1 aromatic rings. The average Bonchev–Trinajstić information content (AvgIpc) is 2.79. The Kier molecular flexibility index (Phi) is 3.35. The van der Waals surface area contributed by atoms with Crippen molar-refractivity contribution in [3.63, 3.8) is 0 Å². The highest BCUT2D eigenvalue weighted by molar-refractivity contribution is 5.47. The Bertz CT molecular complexity index is 332. The second-order valence-corrected chi connectivity index (χ2v) is 3.76. The first kappa shape index (κ1) is 10.2.